The van der Waals surface area contributed by atoms with Crippen LogP contribution < -0.4 is 0 Å². The number of carbonyl (C=O) groups is 4. The predicted octanol–water partition coefficient (Wildman–Crippen LogP) is 4.32. The number of hydrogen-bond donors (Lipinski definition) is 1. The summed E-state index contributed by atoms with van der Waals surface area (Å²) in [5, 5.41) is 9.01. The van der Waals surface area contributed by atoms with Crippen LogP contribution in [0.2, 0.25) is 65.0 Å². The fourth-order valence-corrected chi connectivity index (χ4v) is 19.4. The first-order chi connectivity index (χ1) is 18.3. The lowest BCUT2D eigenvalue weighted by Gasteiger charge is -2.43. The Morgan fingerprint density at radius 3 is 1.37 bits per heavy atom. The van der Waals surface area contributed by atoms with Crippen molar-refractivity contribution >= 4 is 57.6 Å². The molecule has 0 aromatic carbocycles. The number of aliphatic hydroxyl groups is 1. The minimum absolute atomic E-state index is 0.0263. The second-order valence-electron chi connectivity index (χ2n) is 14.6. The van der Waals surface area contributed by atoms with Crippen molar-refractivity contribution in [2.24, 2.45) is 22.7 Å². The quantitative estimate of drug-likeness (QED) is 0.0837. The number of carbonyl (C=O) groups excluding carboxylic acids is 4. The second kappa shape index (κ2) is 13.6. The first-order valence-electron chi connectivity index (χ1n) is 14.1. The summed E-state index contributed by atoms with van der Waals surface area (Å²) in [6.07, 6.45) is 0.421. The van der Waals surface area contributed by atoms with Crippen LogP contribution >= 0.6 is 0 Å². The van der Waals surface area contributed by atoms with Gasteiger partial charge in [0.25, 0.3) is 0 Å². The van der Waals surface area contributed by atoms with Gasteiger partial charge in [-0.25, -0.2) is 0 Å². The highest BCUT2D eigenvalue weighted by Crippen LogP contribution is 2.48. The van der Waals surface area contributed by atoms with Crippen LogP contribution in [0.5, 0.6) is 0 Å². The molecule has 1 saturated heterocycles. The fourth-order valence-electron chi connectivity index (χ4n) is 4.75. The molecule has 1 rings (SSSR count). The summed E-state index contributed by atoms with van der Waals surface area (Å²) in [6.45, 7) is 24.1. The molecular formula is C26H52O11Si4. The highest BCUT2D eigenvalue weighted by molar-refractivity contribution is 6.90. The third-order valence-electron chi connectivity index (χ3n) is 6.22. The van der Waals surface area contributed by atoms with Gasteiger partial charge < -0.3 is 31.7 Å². The summed E-state index contributed by atoms with van der Waals surface area (Å²) in [5.74, 6) is -5.83. The molecule has 0 amide bonds. The average molecular weight is 653 g/mol. The van der Waals surface area contributed by atoms with Gasteiger partial charge in [-0.2, -0.15) is 0 Å². The maximum absolute atomic E-state index is 13.4. The van der Waals surface area contributed by atoms with Crippen molar-refractivity contribution in [1.82, 2.24) is 0 Å². The van der Waals surface area contributed by atoms with Gasteiger partial charge in [0.15, 0.2) is 25.0 Å². The molecule has 1 aliphatic heterocycles. The Morgan fingerprint density at radius 2 is 1.05 bits per heavy atom. The molecular weight excluding hydrogens is 601 g/mol. The molecule has 0 aromatic rings. The second-order valence-corrected chi connectivity index (χ2v) is 31.6. The number of ether oxygens (including phenoxy) is 3. The van der Waals surface area contributed by atoms with Gasteiger partial charge in [-0.05, 0) is 93.0 Å². The molecule has 2 unspecified atom stereocenters. The monoisotopic (exact) mass is 652 g/mol. The van der Waals surface area contributed by atoms with Crippen LogP contribution in [0.1, 0.15) is 34.1 Å². The van der Waals surface area contributed by atoms with Gasteiger partial charge in [0.05, 0.1) is 35.9 Å². The van der Waals surface area contributed by atoms with Crippen LogP contribution in [0, 0.1) is 22.7 Å². The smallest absolute Gasteiger partial charge is 0.465 e. The van der Waals surface area contributed by atoms with Gasteiger partial charge in [-0.15, -0.1) is 0 Å². The molecule has 0 bridgehead atoms. The SMILES string of the molecule is CC(C)(C(=O)OCCO)C1C(=O)OC(=O)C1C(C)(C)C(=O)OCCC[Si](O[Si](C)(C)C)(O[Si](C)(C)C)O[Si](C)(C)C. The summed E-state index contributed by atoms with van der Waals surface area (Å²) >= 11 is 0. The van der Waals surface area contributed by atoms with E-state index >= 15 is 0 Å². The Balaban J connectivity index is 3.14. The lowest BCUT2D eigenvalue weighted by Crippen LogP contribution is -2.60. The van der Waals surface area contributed by atoms with E-state index in [-0.39, 0.29) is 13.2 Å². The Kier molecular flexibility index (Phi) is 12.6. The van der Waals surface area contributed by atoms with E-state index in [0.717, 1.165) is 0 Å². The molecule has 1 fully saturated rings. The Morgan fingerprint density at radius 1 is 0.707 bits per heavy atom. The first-order valence-corrected chi connectivity index (χ1v) is 26.2. The molecule has 0 radical (unpaired) electrons. The van der Waals surface area contributed by atoms with Crippen molar-refractivity contribution in [3.8, 4) is 0 Å². The molecule has 1 aliphatic rings. The molecule has 0 aliphatic carbocycles. The Hall–Kier alpha value is -1.21. The molecule has 11 nitrogen and oxygen atoms in total. The van der Waals surface area contributed by atoms with E-state index in [9.17, 15) is 19.2 Å². The minimum Gasteiger partial charge on any atom is -0.465 e. The van der Waals surface area contributed by atoms with Crippen LogP contribution in [0.4, 0.5) is 0 Å². The zero-order valence-corrected chi connectivity index (χ0v) is 31.2. The van der Waals surface area contributed by atoms with Crippen LogP contribution in [0.3, 0.4) is 0 Å². The number of aliphatic hydroxyl groups excluding tert-OH is 1. The average Bonchev–Trinajstić information content (AvgIpc) is 3.05. The van der Waals surface area contributed by atoms with Crippen molar-refractivity contribution in [2.75, 3.05) is 19.8 Å². The lowest BCUT2D eigenvalue weighted by atomic mass is 9.64. The normalized spacial score (nSPS) is 19.3. The third kappa shape index (κ3) is 11.1. The molecule has 0 spiro atoms. The fraction of sp³-hybridized carbons (Fsp3) is 0.846. The molecule has 1 heterocycles. The van der Waals surface area contributed by atoms with E-state index in [1.807, 2.05) is 0 Å². The summed E-state index contributed by atoms with van der Waals surface area (Å²) in [4.78, 5) is 51.6. The van der Waals surface area contributed by atoms with Crippen LogP contribution in [0.25, 0.3) is 0 Å². The highest BCUT2D eigenvalue weighted by atomic mass is 28.5. The van der Waals surface area contributed by atoms with Gasteiger partial charge in [0.1, 0.15) is 6.61 Å². The van der Waals surface area contributed by atoms with Gasteiger partial charge in [-0.3, -0.25) is 19.2 Å². The summed E-state index contributed by atoms with van der Waals surface area (Å²) in [7, 11) is -9.32. The molecule has 238 valence electrons. The van der Waals surface area contributed by atoms with E-state index in [0.29, 0.717) is 12.5 Å². The van der Waals surface area contributed by atoms with Crippen LogP contribution in [-0.4, -0.2) is 82.6 Å². The van der Waals surface area contributed by atoms with Crippen molar-refractivity contribution < 1.29 is 50.8 Å². The summed E-state index contributed by atoms with van der Waals surface area (Å²) in [5.41, 5.74) is -2.99. The zero-order valence-electron chi connectivity index (χ0n) is 27.2. The van der Waals surface area contributed by atoms with E-state index in [2.05, 4.69) is 58.9 Å². The third-order valence-corrected chi connectivity index (χ3v) is 18.3. The van der Waals surface area contributed by atoms with Gasteiger partial charge in [0.2, 0.25) is 0 Å². The van der Waals surface area contributed by atoms with Crippen molar-refractivity contribution in [2.45, 2.75) is 99.1 Å². The zero-order chi connectivity index (χ0) is 32.2. The topological polar surface area (TPSA) is 144 Å². The molecule has 1 N–H and O–H groups in total. The predicted molar refractivity (Wildman–Crippen MR) is 163 cm³/mol. The van der Waals surface area contributed by atoms with Gasteiger partial charge in [0, 0.05) is 6.04 Å². The summed E-state index contributed by atoms with van der Waals surface area (Å²) in [6, 6.07) is 0.468. The van der Waals surface area contributed by atoms with Gasteiger partial charge >= 0.3 is 32.7 Å². The summed E-state index contributed by atoms with van der Waals surface area (Å²) < 4.78 is 35.6. The maximum Gasteiger partial charge on any atom is 0.469 e. The van der Waals surface area contributed by atoms with Gasteiger partial charge in [-0.1, -0.05) is 0 Å². The highest BCUT2D eigenvalue weighted by Gasteiger charge is 2.62. The molecule has 2 atom stereocenters. The molecule has 0 saturated carbocycles. The number of esters is 4. The van der Waals surface area contributed by atoms with Crippen LogP contribution in [-0.2, 0) is 45.7 Å². The van der Waals surface area contributed by atoms with Crippen LogP contribution in [0.15, 0.2) is 0 Å². The van der Waals surface area contributed by atoms with Crippen molar-refractivity contribution in [1.29, 1.82) is 0 Å². The number of rotatable bonds is 16. The number of cyclic esters (lactones) is 2. The number of hydrogen-bond acceptors (Lipinski definition) is 11. The maximum atomic E-state index is 13.4. The minimum atomic E-state index is -3.12. The Labute approximate surface area is 249 Å². The largest absolute Gasteiger partial charge is 0.469 e. The molecule has 0 aromatic heterocycles. The first kappa shape index (κ1) is 37.8. The van der Waals surface area contributed by atoms with E-state index < -0.39 is 86.9 Å². The molecule has 41 heavy (non-hydrogen) atoms. The lowest BCUT2D eigenvalue weighted by molar-refractivity contribution is -0.169. The van der Waals surface area contributed by atoms with E-state index in [1.54, 1.807) is 0 Å². The van der Waals surface area contributed by atoms with Crippen molar-refractivity contribution in [3.05, 3.63) is 0 Å². The standard InChI is InChI=1S/C26H52O11Si4/c1-25(2,19-20(22(29)34-21(19)28)26(3,4)24(31)33-17-15-27)23(30)32-16-14-18-41(35-38(5,6)7,36-39(8,9)10)37-40(11,12)13/h19-20,27H,14-18H2,1-13H3. The molecule has 15 heteroatoms. The van der Waals surface area contributed by atoms with Crippen molar-refractivity contribution in [3.63, 3.8) is 0 Å². The van der Waals surface area contributed by atoms with E-state index in [1.165, 1.54) is 27.7 Å². The van der Waals surface area contributed by atoms with E-state index in [4.69, 9.17) is 31.7 Å². The Bertz CT molecular complexity index is 921.